The fourth-order valence-electron chi connectivity index (χ4n) is 5.46. The Hall–Kier alpha value is -1.29. The van der Waals surface area contributed by atoms with Gasteiger partial charge in [0.05, 0.1) is 0 Å². The first kappa shape index (κ1) is 21.4. The molecule has 2 fully saturated rings. The van der Waals surface area contributed by atoms with E-state index in [4.69, 9.17) is 0 Å². The maximum Gasteiger partial charge on any atom is 0.127 e. The van der Waals surface area contributed by atoms with Crippen LogP contribution in [-0.2, 0) is 6.42 Å². The molecule has 0 aromatic heterocycles. The largest absolute Gasteiger partial charge is 0.207 e. The maximum absolute atomic E-state index is 13.9. The molecule has 0 bridgehead atoms. The van der Waals surface area contributed by atoms with Crippen LogP contribution in [0.2, 0.25) is 0 Å². The fraction of sp³-hybridized carbons (Fsp3) is 0.704. The smallest absolute Gasteiger partial charge is 0.127 e. The minimum absolute atomic E-state index is 0.108. The van der Waals surface area contributed by atoms with Crippen molar-refractivity contribution in [2.75, 3.05) is 0 Å². The van der Waals surface area contributed by atoms with Gasteiger partial charge in [0.1, 0.15) is 5.82 Å². The Labute approximate surface area is 172 Å². The molecule has 0 nitrogen and oxygen atoms in total. The molecule has 0 N–H and O–H groups in total. The quantitative estimate of drug-likeness (QED) is 0.346. The van der Waals surface area contributed by atoms with E-state index in [0.717, 1.165) is 35.3 Å². The number of hydrogen-bond acceptors (Lipinski definition) is 0. The number of aryl methyl sites for hydroxylation is 1. The molecule has 3 rings (SSSR count). The van der Waals surface area contributed by atoms with Crippen LogP contribution in [0.5, 0.6) is 0 Å². The Morgan fingerprint density at radius 3 is 2.18 bits per heavy atom. The number of hydrogen-bond donors (Lipinski definition) is 0. The molecule has 28 heavy (non-hydrogen) atoms. The van der Waals surface area contributed by atoms with Crippen molar-refractivity contribution in [3.05, 3.63) is 35.1 Å². The number of unbranched alkanes of at least 4 members (excludes halogenated alkanes) is 2. The van der Waals surface area contributed by atoms with Gasteiger partial charge in [-0.2, -0.15) is 0 Å². The van der Waals surface area contributed by atoms with Gasteiger partial charge in [-0.25, -0.2) is 4.39 Å². The van der Waals surface area contributed by atoms with Crippen LogP contribution in [0.25, 0.3) is 0 Å². The van der Waals surface area contributed by atoms with E-state index in [-0.39, 0.29) is 5.82 Å². The monoisotopic (exact) mass is 382 g/mol. The van der Waals surface area contributed by atoms with Gasteiger partial charge < -0.3 is 0 Å². The third-order valence-electron chi connectivity index (χ3n) is 7.40. The lowest BCUT2D eigenvalue weighted by Gasteiger charge is -2.37. The zero-order chi connectivity index (χ0) is 19.8. The van der Waals surface area contributed by atoms with Crippen molar-refractivity contribution < 1.29 is 4.39 Å². The highest BCUT2D eigenvalue weighted by molar-refractivity contribution is 5.37. The van der Waals surface area contributed by atoms with Crippen LogP contribution in [0.3, 0.4) is 0 Å². The van der Waals surface area contributed by atoms with Gasteiger partial charge in [-0.3, -0.25) is 0 Å². The van der Waals surface area contributed by atoms with Crippen molar-refractivity contribution in [3.8, 4) is 11.8 Å². The Bertz CT molecular complexity index is 649. The van der Waals surface area contributed by atoms with Crippen LogP contribution in [0.1, 0.15) is 102 Å². The molecule has 0 radical (unpaired) electrons. The van der Waals surface area contributed by atoms with Crippen molar-refractivity contribution >= 4 is 0 Å². The maximum atomic E-state index is 13.9. The predicted octanol–water partition coefficient (Wildman–Crippen LogP) is 7.93. The summed E-state index contributed by atoms with van der Waals surface area (Å²) >= 11 is 0. The molecule has 2 aliphatic carbocycles. The fourth-order valence-corrected chi connectivity index (χ4v) is 5.46. The van der Waals surface area contributed by atoms with Crippen LogP contribution in [-0.4, -0.2) is 0 Å². The van der Waals surface area contributed by atoms with E-state index in [9.17, 15) is 4.39 Å². The van der Waals surface area contributed by atoms with Gasteiger partial charge in [0.2, 0.25) is 0 Å². The molecule has 0 saturated heterocycles. The summed E-state index contributed by atoms with van der Waals surface area (Å²) in [6, 6.07) is 5.46. The highest BCUT2D eigenvalue weighted by Crippen LogP contribution is 2.42. The summed E-state index contributed by atoms with van der Waals surface area (Å²) in [6.07, 6.45) is 17.5. The SMILES string of the molecule is CCCCCC1CCC(C2CCC(C#Cc3ccc(CC)c(F)c3)CC2)CC1. The topological polar surface area (TPSA) is 0 Å². The zero-order valence-corrected chi connectivity index (χ0v) is 18.1. The molecule has 1 aromatic rings. The first-order valence-corrected chi connectivity index (χ1v) is 12.0. The van der Waals surface area contributed by atoms with E-state index in [1.54, 1.807) is 6.07 Å². The summed E-state index contributed by atoms with van der Waals surface area (Å²) in [4.78, 5) is 0. The summed E-state index contributed by atoms with van der Waals surface area (Å²) in [6.45, 7) is 4.29. The second-order valence-electron chi connectivity index (χ2n) is 9.32. The van der Waals surface area contributed by atoms with Gasteiger partial charge in [0.15, 0.2) is 0 Å². The normalized spacial score (nSPS) is 27.8. The van der Waals surface area contributed by atoms with Crippen molar-refractivity contribution in [2.45, 2.75) is 97.3 Å². The summed E-state index contributed by atoms with van der Waals surface area (Å²) in [5.41, 5.74) is 1.62. The highest BCUT2D eigenvalue weighted by atomic mass is 19.1. The van der Waals surface area contributed by atoms with Gasteiger partial charge in [-0.15, -0.1) is 0 Å². The summed E-state index contributed by atoms with van der Waals surface area (Å²) in [5.74, 6) is 10.0. The minimum atomic E-state index is -0.108. The molecule has 0 atom stereocenters. The molecule has 1 aromatic carbocycles. The Kier molecular flexibility index (Phi) is 8.44. The third-order valence-corrected chi connectivity index (χ3v) is 7.40. The average Bonchev–Trinajstić information content (AvgIpc) is 2.73. The van der Waals surface area contributed by atoms with E-state index in [1.165, 1.54) is 77.0 Å². The predicted molar refractivity (Wildman–Crippen MR) is 118 cm³/mol. The van der Waals surface area contributed by atoms with Gasteiger partial charge in [-0.05, 0) is 80.4 Å². The van der Waals surface area contributed by atoms with E-state index in [2.05, 4.69) is 18.8 Å². The van der Waals surface area contributed by atoms with E-state index in [1.807, 2.05) is 19.1 Å². The molecule has 0 unspecified atom stereocenters. The first-order chi connectivity index (χ1) is 13.7. The number of benzene rings is 1. The molecule has 2 saturated carbocycles. The lowest BCUT2D eigenvalue weighted by Crippen LogP contribution is -2.25. The van der Waals surface area contributed by atoms with Crippen LogP contribution in [0, 0.1) is 41.3 Å². The van der Waals surface area contributed by atoms with Crippen LogP contribution in [0.15, 0.2) is 18.2 Å². The van der Waals surface area contributed by atoms with Gasteiger partial charge in [0, 0.05) is 11.5 Å². The second kappa shape index (κ2) is 11.0. The first-order valence-electron chi connectivity index (χ1n) is 12.0. The molecule has 0 aliphatic heterocycles. The summed E-state index contributed by atoms with van der Waals surface area (Å²) in [7, 11) is 0. The molecule has 1 heteroatoms. The third kappa shape index (κ3) is 6.10. The molecule has 154 valence electrons. The molecular weight excluding hydrogens is 343 g/mol. The van der Waals surface area contributed by atoms with Crippen LogP contribution in [0.4, 0.5) is 4.39 Å². The molecule has 0 amide bonds. The van der Waals surface area contributed by atoms with E-state index in [0.29, 0.717) is 5.92 Å². The van der Waals surface area contributed by atoms with Gasteiger partial charge in [0.25, 0.3) is 0 Å². The second-order valence-corrected chi connectivity index (χ2v) is 9.32. The average molecular weight is 383 g/mol. The van der Waals surface area contributed by atoms with Crippen molar-refractivity contribution in [1.82, 2.24) is 0 Å². The van der Waals surface area contributed by atoms with Gasteiger partial charge in [-0.1, -0.05) is 70.3 Å². The molecular formula is C27H39F. The molecule has 0 spiro atoms. The Morgan fingerprint density at radius 2 is 1.57 bits per heavy atom. The standard InChI is InChI=1S/C27H39F/c1-3-5-6-7-21-10-16-25(17-11-21)26-18-12-22(13-19-26)8-9-23-14-15-24(4-2)27(28)20-23/h14-15,20-22,25-26H,3-7,10-13,16-19H2,1-2H3. The Balaban J connectivity index is 1.41. The molecule has 0 heterocycles. The number of halogens is 1. The van der Waals surface area contributed by atoms with Gasteiger partial charge >= 0.3 is 0 Å². The van der Waals surface area contributed by atoms with E-state index < -0.39 is 0 Å². The number of rotatable bonds is 6. The van der Waals surface area contributed by atoms with Crippen molar-refractivity contribution in [2.24, 2.45) is 23.7 Å². The minimum Gasteiger partial charge on any atom is -0.207 e. The summed E-state index contributed by atoms with van der Waals surface area (Å²) < 4.78 is 13.9. The van der Waals surface area contributed by atoms with Crippen molar-refractivity contribution in [3.63, 3.8) is 0 Å². The highest BCUT2D eigenvalue weighted by Gasteiger charge is 2.30. The molecule has 2 aliphatic rings. The lowest BCUT2D eigenvalue weighted by atomic mass is 9.69. The van der Waals surface area contributed by atoms with Crippen LogP contribution >= 0.6 is 0 Å². The van der Waals surface area contributed by atoms with Crippen molar-refractivity contribution in [1.29, 1.82) is 0 Å². The Morgan fingerprint density at radius 1 is 0.893 bits per heavy atom. The van der Waals surface area contributed by atoms with Crippen LogP contribution < -0.4 is 0 Å². The van der Waals surface area contributed by atoms with E-state index >= 15 is 0 Å². The lowest BCUT2D eigenvalue weighted by molar-refractivity contribution is 0.153. The zero-order valence-electron chi connectivity index (χ0n) is 18.1. The summed E-state index contributed by atoms with van der Waals surface area (Å²) in [5, 5.41) is 0.